The summed E-state index contributed by atoms with van der Waals surface area (Å²) in [5, 5.41) is 0. The van der Waals surface area contributed by atoms with E-state index in [1.54, 1.807) is 13.8 Å². The summed E-state index contributed by atoms with van der Waals surface area (Å²) in [6, 6.07) is 3.00. The number of amides is 1. The summed E-state index contributed by atoms with van der Waals surface area (Å²) in [6.07, 6.45) is -3.89. The smallest absolute Gasteiger partial charge is 0.435 e. The van der Waals surface area contributed by atoms with Crippen molar-refractivity contribution in [3.8, 4) is 5.75 Å². The van der Waals surface area contributed by atoms with Crippen molar-refractivity contribution >= 4 is 11.6 Å². The predicted octanol–water partition coefficient (Wildman–Crippen LogP) is 2.61. The highest BCUT2D eigenvalue weighted by molar-refractivity contribution is 5.95. The van der Waals surface area contributed by atoms with Crippen LogP contribution in [-0.2, 0) is 10.9 Å². The third kappa shape index (κ3) is 3.15. The topological polar surface area (TPSA) is 56.1 Å². The SMILES string of the molecule is COc1cccn2c(C(=O)N3CC(C)OC(C)C3)c(C(F)(F)F)nc12. The number of morpholine rings is 1. The van der Waals surface area contributed by atoms with Gasteiger partial charge < -0.3 is 14.4 Å². The van der Waals surface area contributed by atoms with E-state index in [0.29, 0.717) is 0 Å². The molecule has 1 fully saturated rings. The van der Waals surface area contributed by atoms with Gasteiger partial charge in [-0.1, -0.05) is 0 Å². The lowest BCUT2D eigenvalue weighted by molar-refractivity contribution is -0.141. The van der Waals surface area contributed by atoms with Crippen LogP contribution in [0, 0.1) is 0 Å². The van der Waals surface area contributed by atoms with Gasteiger partial charge >= 0.3 is 6.18 Å². The lowest BCUT2D eigenvalue weighted by Gasteiger charge is -2.35. The molecule has 0 aromatic carbocycles. The van der Waals surface area contributed by atoms with Crippen molar-refractivity contribution in [2.45, 2.75) is 32.2 Å². The standard InChI is InChI=1S/C16H18F3N3O3/c1-9-7-21(8-10(2)25-9)15(23)12-13(16(17,18)19)20-14-11(24-3)5-4-6-22(12)14/h4-6,9-10H,7-8H2,1-3H3. The summed E-state index contributed by atoms with van der Waals surface area (Å²) in [7, 11) is 1.34. The van der Waals surface area contributed by atoms with Crippen LogP contribution in [0.5, 0.6) is 5.75 Å². The zero-order valence-electron chi connectivity index (χ0n) is 14.0. The number of hydrogen-bond donors (Lipinski definition) is 0. The molecule has 1 aliphatic rings. The summed E-state index contributed by atoms with van der Waals surface area (Å²) in [6.45, 7) is 3.99. The summed E-state index contributed by atoms with van der Waals surface area (Å²) in [4.78, 5) is 17.9. The normalized spacial score (nSPS) is 21.6. The van der Waals surface area contributed by atoms with Gasteiger partial charge in [-0.05, 0) is 26.0 Å². The number of rotatable bonds is 2. The number of imidazole rings is 1. The Hall–Kier alpha value is -2.29. The number of nitrogens with zero attached hydrogens (tertiary/aromatic N) is 3. The van der Waals surface area contributed by atoms with Crippen LogP contribution in [0.2, 0.25) is 0 Å². The number of carbonyl (C=O) groups is 1. The van der Waals surface area contributed by atoms with Crippen molar-refractivity contribution in [3.63, 3.8) is 0 Å². The zero-order chi connectivity index (χ0) is 18.4. The number of pyridine rings is 1. The lowest BCUT2D eigenvalue weighted by atomic mass is 10.2. The first-order valence-electron chi connectivity index (χ1n) is 7.79. The molecule has 9 heteroatoms. The molecule has 1 aliphatic heterocycles. The molecular formula is C16H18F3N3O3. The van der Waals surface area contributed by atoms with Gasteiger partial charge in [0, 0.05) is 19.3 Å². The fraction of sp³-hybridized carbons (Fsp3) is 0.500. The van der Waals surface area contributed by atoms with Gasteiger partial charge in [-0.2, -0.15) is 13.2 Å². The number of halogens is 3. The van der Waals surface area contributed by atoms with E-state index < -0.39 is 23.5 Å². The molecule has 1 saturated heterocycles. The minimum absolute atomic E-state index is 0.0463. The molecule has 136 valence electrons. The second-order valence-electron chi connectivity index (χ2n) is 6.04. The summed E-state index contributed by atoms with van der Waals surface area (Å²) < 4.78 is 52.2. The molecule has 0 spiro atoms. The maximum atomic E-state index is 13.5. The van der Waals surface area contributed by atoms with E-state index in [1.807, 2.05) is 0 Å². The van der Waals surface area contributed by atoms with Crippen LogP contribution < -0.4 is 4.74 Å². The van der Waals surface area contributed by atoms with Crippen LogP contribution in [0.15, 0.2) is 18.3 Å². The van der Waals surface area contributed by atoms with Gasteiger partial charge in [0.15, 0.2) is 17.1 Å². The first-order chi connectivity index (χ1) is 11.7. The van der Waals surface area contributed by atoms with Gasteiger partial charge in [-0.25, -0.2) is 4.98 Å². The van der Waals surface area contributed by atoms with Crippen molar-refractivity contribution in [2.24, 2.45) is 0 Å². The Morgan fingerprint density at radius 1 is 1.32 bits per heavy atom. The molecule has 2 unspecified atom stereocenters. The Bertz CT molecular complexity index is 793. The van der Waals surface area contributed by atoms with E-state index >= 15 is 0 Å². The summed E-state index contributed by atoms with van der Waals surface area (Å²) in [5.41, 5.74) is -1.77. The van der Waals surface area contributed by atoms with Gasteiger partial charge in [-0.3, -0.25) is 9.20 Å². The minimum atomic E-state index is -4.76. The molecule has 0 bridgehead atoms. The number of hydrogen-bond acceptors (Lipinski definition) is 4. The highest BCUT2D eigenvalue weighted by Crippen LogP contribution is 2.34. The van der Waals surface area contributed by atoms with Crippen LogP contribution in [0.25, 0.3) is 5.65 Å². The van der Waals surface area contributed by atoms with E-state index in [9.17, 15) is 18.0 Å². The summed E-state index contributed by atoms with van der Waals surface area (Å²) in [5.74, 6) is -0.564. The van der Waals surface area contributed by atoms with Crippen molar-refractivity contribution < 1.29 is 27.4 Å². The van der Waals surface area contributed by atoms with Gasteiger partial charge in [-0.15, -0.1) is 0 Å². The number of fused-ring (bicyclic) bond motifs is 1. The Kier molecular flexibility index (Phi) is 4.36. The van der Waals surface area contributed by atoms with E-state index in [-0.39, 0.29) is 36.7 Å². The molecule has 0 radical (unpaired) electrons. The van der Waals surface area contributed by atoms with Crippen LogP contribution in [0.1, 0.15) is 30.0 Å². The number of aromatic nitrogens is 2. The van der Waals surface area contributed by atoms with E-state index in [4.69, 9.17) is 9.47 Å². The Balaban J connectivity index is 2.15. The zero-order valence-corrected chi connectivity index (χ0v) is 14.0. The quantitative estimate of drug-likeness (QED) is 0.829. The number of alkyl halides is 3. The Labute approximate surface area is 142 Å². The first kappa shape index (κ1) is 17.5. The summed E-state index contributed by atoms with van der Waals surface area (Å²) >= 11 is 0. The van der Waals surface area contributed by atoms with E-state index in [1.165, 1.54) is 30.3 Å². The number of carbonyl (C=O) groups excluding carboxylic acids is 1. The van der Waals surface area contributed by atoms with Crippen molar-refractivity contribution in [3.05, 3.63) is 29.7 Å². The van der Waals surface area contributed by atoms with Gasteiger partial charge in [0.05, 0.1) is 19.3 Å². The molecule has 0 N–H and O–H groups in total. The maximum Gasteiger partial charge on any atom is 0.435 e. The number of methoxy groups -OCH3 is 1. The average Bonchev–Trinajstić information content (AvgIpc) is 2.92. The van der Waals surface area contributed by atoms with Crippen molar-refractivity contribution in [1.82, 2.24) is 14.3 Å². The molecular weight excluding hydrogens is 339 g/mol. The minimum Gasteiger partial charge on any atom is -0.493 e. The van der Waals surface area contributed by atoms with E-state index in [0.717, 1.165) is 4.40 Å². The van der Waals surface area contributed by atoms with Gasteiger partial charge in [0.25, 0.3) is 5.91 Å². The van der Waals surface area contributed by atoms with Crippen molar-refractivity contribution in [2.75, 3.05) is 20.2 Å². The van der Waals surface area contributed by atoms with Gasteiger partial charge in [0.1, 0.15) is 5.69 Å². The Morgan fingerprint density at radius 2 is 1.96 bits per heavy atom. The molecule has 6 nitrogen and oxygen atoms in total. The highest BCUT2D eigenvalue weighted by atomic mass is 19.4. The second-order valence-corrected chi connectivity index (χ2v) is 6.04. The van der Waals surface area contributed by atoms with Crippen LogP contribution in [0.3, 0.4) is 0 Å². The lowest BCUT2D eigenvalue weighted by Crippen LogP contribution is -2.48. The fourth-order valence-corrected chi connectivity index (χ4v) is 3.10. The molecule has 25 heavy (non-hydrogen) atoms. The van der Waals surface area contributed by atoms with Crippen LogP contribution >= 0.6 is 0 Å². The largest absolute Gasteiger partial charge is 0.493 e. The van der Waals surface area contributed by atoms with Crippen LogP contribution in [0.4, 0.5) is 13.2 Å². The average molecular weight is 357 g/mol. The van der Waals surface area contributed by atoms with Crippen LogP contribution in [-0.4, -0.2) is 52.6 Å². The highest BCUT2D eigenvalue weighted by Gasteiger charge is 2.42. The predicted molar refractivity (Wildman–Crippen MR) is 82.7 cm³/mol. The molecule has 0 aliphatic carbocycles. The van der Waals surface area contributed by atoms with Crippen molar-refractivity contribution in [1.29, 1.82) is 0 Å². The molecule has 2 aromatic heterocycles. The Morgan fingerprint density at radius 3 is 2.52 bits per heavy atom. The molecule has 3 heterocycles. The second kappa shape index (κ2) is 6.21. The molecule has 2 aromatic rings. The maximum absolute atomic E-state index is 13.5. The number of ether oxygens (including phenoxy) is 2. The molecule has 2 atom stereocenters. The van der Waals surface area contributed by atoms with E-state index in [2.05, 4.69) is 4.98 Å². The molecule has 3 rings (SSSR count). The van der Waals surface area contributed by atoms with Gasteiger partial charge in [0.2, 0.25) is 0 Å². The molecule has 0 saturated carbocycles. The fourth-order valence-electron chi connectivity index (χ4n) is 3.10. The molecule has 1 amide bonds. The first-order valence-corrected chi connectivity index (χ1v) is 7.79. The third-order valence-corrected chi connectivity index (χ3v) is 4.01. The third-order valence-electron chi connectivity index (χ3n) is 4.01. The monoisotopic (exact) mass is 357 g/mol.